The van der Waals surface area contributed by atoms with Crippen molar-refractivity contribution in [3.8, 4) is 11.1 Å². The Kier molecular flexibility index (Phi) is 8.77. The molecule has 5 aromatic rings. The van der Waals surface area contributed by atoms with Crippen LogP contribution in [0.4, 0.5) is 25.0 Å². The molecule has 18 heteroatoms. The molecule has 1 aromatic carbocycles. The SMILES string of the molecule is CN1CC2CCN(c3c(-c4cnc5c(c4)c(=O)c(C(=O)O)cn5C)cnc4[nH]c5c(N(C)C(=O)OCOC(=O)/C=C/C(=O)O)cc(F)c(F)c5c34)C2C1. The maximum absolute atomic E-state index is 16.2. The lowest BCUT2D eigenvalue weighted by molar-refractivity contribution is -0.146. The number of fused-ring (bicyclic) bond motifs is 5. The number of aliphatic carboxylic acids is 1. The number of nitrogens with one attached hydrogen (secondary N) is 1. The average Bonchev–Trinajstić information content (AvgIpc) is 3.81. The monoisotopic (exact) mass is 731 g/mol. The molecule has 0 aliphatic carbocycles. The molecule has 274 valence electrons. The van der Waals surface area contributed by atoms with E-state index in [9.17, 15) is 29.1 Å². The number of likely N-dealkylation sites (tertiary alicyclic amines) is 1. The minimum Gasteiger partial charge on any atom is -0.478 e. The van der Waals surface area contributed by atoms with Gasteiger partial charge < -0.3 is 39.0 Å². The molecule has 2 unspecified atom stereocenters. The molecule has 2 fully saturated rings. The number of aryl methyl sites for hydroxylation is 1. The van der Waals surface area contributed by atoms with Crippen LogP contribution in [0.1, 0.15) is 16.8 Å². The van der Waals surface area contributed by atoms with Crippen molar-refractivity contribution in [2.45, 2.75) is 12.5 Å². The summed E-state index contributed by atoms with van der Waals surface area (Å²) in [5.41, 5.74) is 0.395. The number of aromatic carboxylic acids is 1. The molecule has 2 aliphatic rings. The predicted molar refractivity (Wildman–Crippen MR) is 186 cm³/mol. The van der Waals surface area contributed by atoms with Crippen molar-refractivity contribution in [1.82, 2.24) is 24.4 Å². The number of carboxylic acid groups (broad SMARTS) is 2. The van der Waals surface area contributed by atoms with Crippen molar-refractivity contribution >= 4 is 68.3 Å². The number of hydrogen-bond acceptors (Lipinski definition) is 11. The molecule has 0 bridgehead atoms. The molecule has 2 atom stereocenters. The van der Waals surface area contributed by atoms with Gasteiger partial charge in [0.15, 0.2) is 11.6 Å². The normalized spacial score (nSPS) is 17.3. The fourth-order valence-corrected chi connectivity index (χ4v) is 7.33. The minimum absolute atomic E-state index is 0.00142. The molecule has 0 spiro atoms. The highest BCUT2D eigenvalue weighted by atomic mass is 19.2. The summed E-state index contributed by atoms with van der Waals surface area (Å²) < 4.78 is 42.9. The molecule has 7 rings (SSSR count). The second-order valence-electron chi connectivity index (χ2n) is 12.9. The summed E-state index contributed by atoms with van der Waals surface area (Å²) in [6.45, 7) is 1.17. The number of halogens is 2. The van der Waals surface area contributed by atoms with Crippen LogP contribution in [0, 0.1) is 17.6 Å². The number of aromatic amines is 1. The minimum atomic E-state index is -1.40. The van der Waals surface area contributed by atoms with Crippen molar-refractivity contribution in [3.63, 3.8) is 0 Å². The first-order chi connectivity index (χ1) is 25.2. The van der Waals surface area contributed by atoms with Crippen molar-refractivity contribution in [2.75, 3.05) is 50.3 Å². The fourth-order valence-electron chi connectivity index (χ4n) is 7.33. The van der Waals surface area contributed by atoms with Crippen molar-refractivity contribution < 1.29 is 47.6 Å². The van der Waals surface area contributed by atoms with Crippen LogP contribution in [0.25, 0.3) is 44.1 Å². The maximum atomic E-state index is 16.2. The number of likely N-dealkylation sites (N-methyl/N-ethyl adjacent to an activating group) is 1. The van der Waals surface area contributed by atoms with Crippen molar-refractivity contribution in [1.29, 1.82) is 0 Å². The van der Waals surface area contributed by atoms with E-state index in [2.05, 4.69) is 29.5 Å². The smallest absolute Gasteiger partial charge is 0.416 e. The Morgan fingerprint density at radius 2 is 1.83 bits per heavy atom. The van der Waals surface area contributed by atoms with Gasteiger partial charge in [0.25, 0.3) is 0 Å². The van der Waals surface area contributed by atoms with E-state index >= 15 is 8.78 Å². The van der Waals surface area contributed by atoms with E-state index in [4.69, 9.17) is 9.84 Å². The third-order valence-electron chi connectivity index (χ3n) is 9.70. The van der Waals surface area contributed by atoms with Crippen LogP contribution in [-0.4, -0.2) is 105 Å². The first-order valence-corrected chi connectivity index (χ1v) is 16.2. The van der Waals surface area contributed by atoms with Gasteiger partial charge in [-0.05, 0) is 25.5 Å². The van der Waals surface area contributed by atoms with Gasteiger partial charge in [0.05, 0.1) is 33.1 Å². The number of amides is 1. The molecule has 16 nitrogen and oxygen atoms in total. The van der Waals surface area contributed by atoms with Crippen molar-refractivity contribution in [3.05, 3.63) is 70.3 Å². The van der Waals surface area contributed by atoms with Gasteiger partial charge in [0.1, 0.15) is 16.9 Å². The Hall–Kier alpha value is -6.43. The van der Waals surface area contributed by atoms with Gasteiger partial charge >= 0.3 is 24.0 Å². The summed E-state index contributed by atoms with van der Waals surface area (Å²) in [4.78, 5) is 77.8. The number of nitrogens with zero attached hydrogens (tertiary/aromatic N) is 6. The van der Waals surface area contributed by atoms with E-state index in [-0.39, 0.29) is 50.6 Å². The fraction of sp³-hybridized carbons (Fsp3) is 0.286. The topological polar surface area (TPSA) is 200 Å². The number of carboxylic acids is 2. The number of anilines is 2. The van der Waals surface area contributed by atoms with E-state index in [1.54, 1.807) is 7.05 Å². The number of benzene rings is 1. The zero-order valence-corrected chi connectivity index (χ0v) is 28.4. The summed E-state index contributed by atoms with van der Waals surface area (Å²) in [5.74, 6) is -6.11. The van der Waals surface area contributed by atoms with Crippen LogP contribution in [0.15, 0.2) is 47.7 Å². The number of carbonyl (C=O) groups is 4. The standard InChI is InChI=1S/C35H31F2N7O9/c1-41-12-16-6-7-44(23(16)14-41)30-19(17-8-18-31(48)20(34(49)50)13-42(2)33(18)39-10-17)11-38-32-27(30)26-28(37)21(36)9-22(29(26)40-32)43(3)35(51)53-15-52-25(47)5-4-24(45)46/h4-5,8-11,13,16,23H,6-7,12,14-15H2,1-3H3,(H,38,40)(H,45,46)(H,49,50)/b5-4+. The molecule has 2 saturated heterocycles. The quantitative estimate of drug-likeness (QED) is 0.119. The average molecular weight is 732 g/mol. The first-order valence-electron chi connectivity index (χ1n) is 16.2. The van der Waals surface area contributed by atoms with Gasteiger partial charge in [0, 0.05) is 87.7 Å². The zero-order valence-electron chi connectivity index (χ0n) is 28.4. The number of pyridine rings is 3. The number of rotatable bonds is 8. The molecular weight excluding hydrogens is 700 g/mol. The van der Waals surface area contributed by atoms with E-state index in [1.807, 2.05) is 7.05 Å². The zero-order chi connectivity index (χ0) is 37.9. The van der Waals surface area contributed by atoms with Gasteiger partial charge in [-0.1, -0.05) is 0 Å². The second kappa shape index (κ2) is 13.3. The van der Waals surface area contributed by atoms with Gasteiger partial charge in [-0.25, -0.2) is 37.9 Å². The molecule has 3 N–H and O–H groups in total. The highest BCUT2D eigenvalue weighted by molar-refractivity contribution is 6.19. The molecule has 0 saturated carbocycles. The largest absolute Gasteiger partial charge is 0.478 e. The van der Waals surface area contributed by atoms with E-state index < -0.39 is 53.4 Å². The maximum Gasteiger partial charge on any atom is 0.416 e. The summed E-state index contributed by atoms with van der Waals surface area (Å²) in [7, 11) is 4.80. The number of carbonyl (C=O) groups excluding carboxylic acids is 2. The first kappa shape index (κ1) is 35.0. The van der Waals surface area contributed by atoms with Gasteiger partial charge in [-0.2, -0.15) is 0 Å². The molecule has 0 radical (unpaired) electrons. The lowest BCUT2D eigenvalue weighted by Crippen LogP contribution is -2.35. The van der Waals surface area contributed by atoms with E-state index in [0.29, 0.717) is 42.1 Å². The number of esters is 1. The third kappa shape index (κ3) is 6.05. The summed E-state index contributed by atoms with van der Waals surface area (Å²) in [6.07, 6.45) is 5.08. The molecule has 6 heterocycles. The Bertz CT molecular complexity index is 2480. The Morgan fingerprint density at radius 3 is 2.57 bits per heavy atom. The molecule has 1 amide bonds. The number of ether oxygens (including phenoxy) is 2. The summed E-state index contributed by atoms with van der Waals surface area (Å²) in [6, 6.07) is 2.30. The summed E-state index contributed by atoms with van der Waals surface area (Å²) in [5, 5.41) is 18.4. The van der Waals surface area contributed by atoms with Gasteiger partial charge in [-0.15, -0.1) is 0 Å². The van der Waals surface area contributed by atoms with Gasteiger partial charge in [0.2, 0.25) is 12.2 Å². The van der Waals surface area contributed by atoms with Crippen molar-refractivity contribution in [2.24, 2.45) is 13.0 Å². The van der Waals surface area contributed by atoms with Crippen LogP contribution in [0.3, 0.4) is 0 Å². The van der Waals surface area contributed by atoms with E-state index in [0.717, 1.165) is 23.9 Å². The molecule has 53 heavy (non-hydrogen) atoms. The van der Waals surface area contributed by atoms with Gasteiger partial charge in [-0.3, -0.25) is 9.69 Å². The Balaban J connectivity index is 1.39. The van der Waals surface area contributed by atoms with Crippen LogP contribution in [-0.2, 0) is 26.1 Å². The molecular formula is C35H31F2N7O9. The predicted octanol–water partition coefficient (Wildman–Crippen LogP) is 3.46. The van der Waals surface area contributed by atoms with E-state index in [1.165, 1.54) is 36.3 Å². The highest BCUT2D eigenvalue weighted by Gasteiger charge is 2.42. The number of hydrogen-bond donors (Lipinski definition) is 3. The Labute approximate surface area is 297 Å². The number of H-pyrrole nitrogens is 1. The lowest BCUT2D eigenvalue weighted by Gasteiger charge is -2.29. The van der Waals surface area contributed by atoms with Crippen LogP contribution in [0.2, 0.25) is 0 Å². The number of aromatic nitrogens is 4. The highest BCUT2D eigenvalue weighted by Crippen LogP contribution is 2.47. The molecule has 4 aromatic heterocycles. The second-order valence-corrected chi connectivity index (χ2v) is 12.9. The lowest BCUT2D eigenvalue weighted by atomic mass is 9.99. The third-order valence-corrected chi connectivity index (χ3v) is 9.70. The summed E-state index contributed by atoms with van der Waals surface area (Å²) >= 11 is 0. The van der Waals surface area contributed by atoms with Crippen LogP contribution < -0.4 is 15.2 Å². The molecule has 2 aliphatic heterocycles. The van der Waals surface area contributed by atoms with Crippen LogP contribution in [0.5, 0.6) is 0 Å². The Morgan fingerprint density at radius 1 is 1.06 bits per heavy atom. The van der Waals surface area contributed by atoms with Crippen LogP contribution >= 0.6 is 0 Å².